The number of methoxy groups -OCH3 is 1. The Hall–Kier alpha value is -1.59. The van der Waals surface area contributed by atoms with Crippen LogP contribution >= 0.6 is 0 Å². The van der Waals surface area contributed by atoms with E-state index >= 15 is 0 Å². The third kappa shape index (κ3) is 3.45. The van der Waals surface area contributed by atoms with Gasteiger partial charge in [0.05, 0.1) is 13.2 Å². The van der Waals surface area contributed by atoms with Crippen molar-refractivity contribution in [1.82, 2.24) is 15.0 Å². The molecule has 0 amide bonds. The van der Waals surface area contributed by atoms with E-state index in [9.17, 15) is 0 Å². The molecule has 98 valence electrons. The fourth-order valence-electron chi connectivity index (χ4n) is 1.82. The van der Waals surface area contributed by atoms with Crippen molar-refractivity contribution in [3.8, 4) is 0 Å². The van der Waals surface area contributed by atoms with E-state index in [1.165, 1.54) is 5.69 Å². The Morgan fingerprint density at radius 2 is 2.39 bits per heavy atom. The van der Waals surface area contributed by atoms with Gasteiger partial charge in [-0.2, -0.15) is 0 Å². The number of aromatic nitrogens is 2. The summed E-state index contributed by atoms with van der Waals surface area (Å²) in [6.45, 7) is 5.05. The van der Waals surface area contributed by atoms with Crippen LogP contribution in [0, 0.1) is 6.92 Å². The standard InChI is InChI=1S/C13H19N3O2/c1-11-8-12(15-18-11)10-16-6-3-4-13(16)9-14-5-7-17-2/h3-4,6,8,14H,5,7,9-10H2,1-2H3. The average Bonchev–Trinajstić information content (AvgIpc) is 2.95. The Bertz CT molecular complexity index is 476. The minimum Gasteiger partial charge on any atom is -0.383 e. The summed E-state index contributed by atoms with van der Waals surface area (Å²) in [5.41, 5.74) is 2.17. The fraction of sp³-hybridized carbons (Fsp3) is 0.462. The normalized spacial score (nSPS) is 11.0. The summed E-state index contributed by atoms with van der Waals surface area (Å²) in [5.74, 6) is 0.844. The van der Waals surface area contributed by atoms with Gasteiger partial charge in [-0.05, 0) is 19.1 Å². The van der Waals surface area contributed by atoms with Crippen molar-refractivity contribution in [2.75, 3.05) is 20.3 Å². The minimum absolute atomic E-state index is 0.725. The van der Waals surface area contributed by atoms with Crippen LogP contribution < -0.4 is 5.32 Å². The molecule has 0 saturated heterocycles. The van der Waals surface area contributed by atoms with Crippen molar-refractivity contribution in [3.05, 3.63) is 41.5 Å². The molecule has 0 aromatic carbocycles. The summed E-state index contributed by atoms with van der Waals surface area (Å²) < 4.78 is 12.2. The second-order valence-corrected chi connectivity index (χ2v) is 4.23. The van der Waals surface area contributed by atoms with Crippen LogP contribution in [0.2, 0.25) is 0 Å². The van der Waals surface area contributed by atoms with Gasteiger partial charge >= 0.3 is 0 Å². The van der Waals surface area contributed by atoms with Crippen molar-refractivity contribution < 1.29 is 9.26 Å². The third-order valence-electron chi connectivity index (χ3n) is 2.72. The van der Waals surface area contributed by atoms with Gasteiger partial charge in [0, 0.05) is 38.2 Å². The zero-order valence-corrected chi connectivity index (χ0v) is 10.8. The van der Waals surface area contributed by atoms with E-state index in [4.69, 9.17) is 9.26 Å². The van der Waals surface area contributed by atoms with E-state index in [0.29, 0.717) is 0 Å². The predicted octanol–water partition coefficient (Wildman–Crippen LogP) is 1.57. The monoisotopic (exact) mass is 249 g/mol. The van der Waals surface area contributed by atoms with Crippen LogP contribution in [0.4, 0.5) is 0 Å². The van der Waals surface area contributed by atoms with Crippen LogP contribution in [0.25, 0.3) is 0 Å². The van der Waals surface area contributed by atoms with E-state index in [0.717, 1.165) is 37.7 Å². The number of nitrogens with zero attached hydrogens (tertiary/aromatic N) is 2. The maximum Gasteiger partial charge on any atom is 0.133 e. The Balaban J connectivity index is 1.91. The first-order valence-electron chi connectivity index (χ1n) is 6.05. The number of nitrogens with one attached hydrogen (secondary N) is 1. The van der Waals surface area contributed by atoms with E-state index in [-0.39, 0.29) is 0 Å². The molecule has 2 rings (SSSR count). The summed E-state index contributed by atoms with van der Waals surface area (Å²) in [6, 6.07) is 6.11. The van der Waals surface area contributed by atoms with Gasteiger partial charge in [0.15, 0.2) is 0 Å². The zero-order valence-electron chi connectivity index (χ0n) is 10.8. The van der Waals surface area contributed by atoms with Crippen LogP contribution in [-0.2, 0) is 17.8 Å². The van der Waals surface area contributed by atoms with Gasteiger partial charge in [0.1, 0.15) is 11.5 Å². The lowest BCUT2D eigenvalue weighted by Crippen LogP contribution is -2.20. The summed E-state index contributed by atoms with van der Waals surface area (Å²) in [4.78, 5) is 0. The fourth-order valence-corrected chi connectivity index (χ4v) is 1.82. The lowest BCUT2D eigenvalue weighted by atomic mass is 10.3. The van der Waals surface area contributed by atoms with Gasteiger partial charge in [0.25, 0.3) is 0 Å². The molecule has 5 heteroatoms. The number of aryl methyl sites for hydroxylation is 1. The van der Waals surface area contributed by atoms with Crippen LogP contribution in [0.1, 0.15) is 17.1 Å². The van der Waals surface area contributed by atoms with Gasteiger partial charge in [-0.25, -0.2) is 0 Å². The van der Waals surface area contributed by atoms with Crippen molar-refractivity contribution >= 4 is 0 Å². The highest BCUT2D eigenvalue weighted by Crippen LogP contribution is 2.08. The Kier molecular flexibility index (Phi) is 4.55. The van der Waals surface area contributed by atoms with E-state index in [1.54, 1.807) is 7.11 Å². The lowest BCUT2D eigenvalue weighted by molar-refractivity contribution is 0.199. The molecule has 0 fully saturated rings. The van der Waals surface area contributed by atoms with Crippen LogP contribution in [0.5, 0.6) is 0 Å². The molecule has 2 aromatic rings. The molecule has 18 heavy (non-hydrogen) atoms. The second kappa shape index (κ2) is 6.37. The highest BCUT2D eigenvalue weighted by atomic mass is 16.5. The van der Waals surface area contributed by atoms with Crippen molar-refractivity contribution in [3.63, 3.8) is 0 Å². The third-order valence-corrected chi connectivity index (χ3v) is 2.72. The molecule has 0 aliphatic heterocycles. The molecule has 1 N–H and O–H groups in total. The first-order valence-corrected chi connectivity index (χ1v) is 6.05. The second-order valence-electron chi connectivity index (χ2n) is 4.23. The van der Waals surface area contributed by atoms with Gasteiger partial charge in [-0.1, -0.05) is 5.16 Å². The summed E-state index contributed by atoms with van der Waals surface area (Å²) >= 11 is 0. The SMILES string of the molecule is COCCNCc1cccn1Cc1cc(C)on1. The van der Waals surface area contributed by atoms with Gasteiger partial charge in [-0.3, -0.25) is 0 Å². The molecular weight excluding hydrogens is 230 g/mol. The topological polar surface area (TPSA) is 52.2 Å². The first kappa shape index (κ1) is 12.9. The molecule has 0 aliphatic carbocycles. The van der Waals surface area contributed by atoms with Gasteiger partial charge < -0.3 is 19.1 Å². The lowest BCUT2D eigenvalue weighted by Gasteiger charge is -2.08. The quantitative estimate of drug-likeness (QED) is 0.757. The number of hydrogen-bond donors (Lipinski definition) is 1. The van der Waals surface area contributed by atoms with Gasteiger partial charge in [0.2, 0.25) is 0 Å². The van der Waals surface area contributed by atoms with Gasteiger partial charge in [-0.15, -0.1) is 0 Å². The highest BCUT2D eigenvalue weighted by molar-refractivity contribution is 5.11. The highest BCUT2D eigenvalue weighted by Gasteiger charge is 2.04. The number of hydrogen-bond acceptors (Lipinski definition) is 4. The molecule has 0 aliphatic rings. The first-order chi connectivity index (χ1) is 8.79. The predicted molar refractivity (Wildman–Crippen MR) is 68.4 cm³/mol. The molecule has 2 heterocycles. The maximum atomic E-state index is 5.07. The molecule has 5 nitrogen and oxygen atoms in total. The molecule has 0 unspecified atom stereocenters. The van der Waals surface area contributed by atoms with Crippen LogP contribution in [0.15, 0.2) is 28.9 Å². The molecule has 0 saturated carbocycles. The van der Waals surface area contributed by atoms with E-state index < -0.39 is 0 Å². The van der Waals surface area contributed by atoms with Crippen LogP contribution in [0.3, 0.4) is 0 Å². The van der Waals surface area contributed by atoms with Crippen molar-refractivity contribution in [2.24, 2.45) is 0 Å². The zero-order chi connectivity index (χ0) is 12.8. The van der Waals surface area contributed by atoms with E-state index in [2.05, 4.69) is 27.3 Å². The molecule has 0 radical (unpaired) electrons. The molecule has 0 atom stereocenters. The van der Waals surface area contributed by atoms with E-state index in [1.807, 2.05) is 19.1 Å². The molecule has 2 aromatic heterocycles. The molecule has 0 bridgehead atoms. The summed E-state index contributed by atoms with van der Waals surface area (Å²) in [7, 11) is 1.71. The molecule has 0 spiro atoms. The Morgan fingerprint density at radius 3 is 3.11 bits per heavy atom. The Morgan fingerprint density at radius 1 is 1.50 bits per heavy atom. The summed E-state index contributed by atoms with van der Waals surface area (Å²) in [5, 5.41) is 7.34. The maximum absolute atomic E-state index is 5.07. The largest absolute Gasteiger partial charge is 0.383 e. The number of rotatable bonds is 7. The van der Waals surface area contributed by atoms with Crippen molar-refractivity contribution in [1.29, 1.82) is 0 Å². The van der Waals surface area contributed by atoms with Crippen molar-refractivity contribution in [2.45, 2.75) is 20.0 Å². The molecular formula is C13H19N3O2. The minimum atomic E-state index is 0.725. The summed E-state index contributed by atoms with van der Waals surface area (Å²) in [6.07, 6.45) is 2.05. The Labute approximate surface area is 107 Å². The van der Waals surface area contributed by atoms with Crippen LogP contribution in [-0.4, -0.2) is 30.0 Å². The smallest absolute Gasteiger partial charge is 0.133 e. The average molecular weight is 249 g/mol. The number of ether oxygens (including phenoxy) is 1.